The second-order valence-electron chi connectivity index (χ2n) is 6.30. The molecule has 1 atom stereocenters. The first-order chi connectivity index (χ1) is 13.5. The Bertz CT molecular complexity index is 939. The van der Waals surface area contributed by atoms with Crippen LogP contribution in [0.25, 0.3) is 0 Å². The number of hydrogen-bond donors (Lipinski definition) is 0. The number of thioether (sulfide) groups is 1. The van der Waals surface area contributed by atoms with Gasteiger partial charge in [-0.05, 0) is 38.1 Å². The number of ether oxygens (including phenoxy) is 1. The van der Waals surface area contributed by atoms with Crippen LogP contribution in [0, 0.1) is 12.7 Å². The lowest BCUT2D eigenvalue weighted by atomic mass is 10.2. The molecule has 0 radical (unpaired) electrons. The van der Waals surface area contributed by atoms with E-state index in [0.29, 0.717) is 33.9 Å². The van der Waals surface area contributed by atoms with Gasteiger partial charge < -0.3 is 4.74 Å². The lowest BCUT2D eigenvalue weighted by Crippen LogP contribution is -2.12. The predicted molar refractivity (Wildman–Crippen MR) is 111 cm³/mol. The number of aryl methyl sites for hydroxylation is 1. The number of aromatic nitrogens is 3. The van der Waals surface area contributed by atoms with Crippen molar-refractivity contribution in [3.63, 3.8) is 0 Å². The number of rotatable bonds is 8. The summed E-state index contributed by atoms with van der Waals surface area (Å²) >= 11 is 7.50. The molecule has 0 saturated heterocycles. The summed E-state index contributed by atoms with van der Waals surface area (Å²) in [6.45, 7) is 8.28. The fraction of sp³-hybridized carbons (Fsp3) is 0.238. The molecule has 0 unspecified atom stereocenters. The van der Waals surface area contributed by atoms with Gasteiger partial charge in [0, 0.05) is 22.9 Å². The molecular weight excluding hydrogens is 397 g/mol. The van der Waals surface area contributed by atoms with Gasteiger partial charge in [0.05, 0.1) is 0 Å². The molecule has 0 fully saturated rings. The summed E-state index contributed by atoms with van der Waals surface area (Å²) in [7, 11) is 0. The molecule has 0 N–H and O–H groups in total. The molecule has 2 aromatic carbocycles. The zero-order chi connectivity index (χ0) is 20.1. The maximum Gasteiger partial charge on any atom is 0.191 e. The molecule has 1 aromatic heterocycles. The van der Waals surface area contributed by atoms with E-state index in [1.165, 1.54) is 23.4 Å². The standard InChI is InChI=1S/C21H21ClFN3OS/c1-4-12-26-20(15(3)27-16-10-8-14(2)9-11-16)24-25-21(26)28-13-17-18(22)6-5-7-19(17)23/h4-11,15H,1,12-13H2,2-3H3/t15-/m0/s1. The zero-order valence-corrected chi connectivity index (χ0v) is 17.3. The van der Waals surface area contributed by atoms with Crippen molar-refractivity contribution in [2.75, 3.05) is 0 Å². The molecule has 146 valence electrons. The Balaban J connectivity index is 1.78. The second-order valence-corrected chi connectivity index (χ2v) is 7.65. The highest BCUT2D eigenvalue weighted by atomic mass is 35.5. The third-order valence-electron chi connectivity index (χ3n) is 4.16. The van der Waals surface area contributed by atoms with Crippen LogP contribution in [0.3, 0.4) is 0 Å². The summed E-state index contributed by atoms with van der Waals surface area (Å²) in [6.07, 6.45) is 1.47. The third kappa shape index (κ3) is 4.75. The fourth-order valence-corrected chi connectivity index (χ4v) is 3.99. The first kappa shape index (κ1) is 20.4. The molecule has 0 aliphatic heterocycles. The molecule has 0 aliphatic rings. The van der Waals surface area contributed by atoms with E-state index < -0.39 is 0 Å². The van der Waals surface area contributed by atoms with Crippen molar-refractivity contribution in [2.24, 2.45) is 0 Å². The minimum absolute atomic E-state index is 0.304. The van der Waals surface area contributed by atoms with E-state index in [1.54, 1.807) is 18.2 Å². The van der Waals surface area contributed by atoms with Gasteiger partial charge in [-0.3, -0.25) is 4.57 Å². The van der Waals surface area contributed by atoms with Gasteiger partial charge in [0.1, 0.15) is 11.6 Å². The van der Waals surface area contributed by atoms with Crippen LogP contribution in [0.4, 0.5) is 4.39 Å². The van der Waals surface area contributed by atoms with Crippen LogP contribution in [0.1, 0.15) is 30.0 Å². The van der Waals surface area contributed by atoms with Gasteiger partial charge in [0.25, 0.3) is 0 Å². The van der Waals surface area contributed by atoms with Crippen molar-refractivity contribution in [2.45, 2.75) is 37.4 Å². The number of allylic oxidation sites excluding steroid dienone is 1. The Morgan fingerprint density at radius 3 is 2.68 bits per heavy atom. The van der Waals surface area contributed by atoms with Crippen LogP contribution in [-0.2, 0) is 12.3 Å². The van der Waals surface area contributed by atoms with Gasteiger partial charge in [-0.25, -0.2) is 4.39 Å². The molecule has 0 amide bonds. The van der Waals surface area contributed by atoms with Crippen molar-refractivity contribution in [1.29, 1.82) is 0 Å². The largest absolute Gasteiger partial charge is 0.483 e. The van der Waals surface area contributed by atoms with Crippen molar-refractivity contribution < 1.29 is 9.13 Å². The Kier molecular flexibility index (Phi) is 6.75. The number of nitrogens with zero attached hydrogens (tertiary/aromatic N) is 3. The predicted octanol–water partition coefficient (Wildman–Crippen LogP) is 6.00. The highest BCUT2D eigenvalue weighted by Crippen LogP contribution is 2.30. The molecular formula is C21H21ClFN3OS. The Hall–Kier alpha value is -2.31. The lowest BCUT2D eigenvalue weighted by Gasteiger charge is -2.16. The Morgan fingerprint density at radius 2 is 2.00 bits per heavy atom. The Labute approximate surface area is 173 Å². The van der Waals surface area contributed by atoms with Crippen LogP contribution in [0.5, 0.6) is 5.75 Å². The maximum absolute atomic E-state index is 14.0. The highest BCUT2D eigenvalue weighted by molar-refractivity contribution is 7.98. The highest BCUT2D eigenvalue weighted by Gasteiger charge is 2.20. The minimum Gasteiger partial charge on any atom is -0.483 e. The first-order valence-electron chi connectivity index (χ1n) is 8.82. The first-order valence-corrected chi connectivity index (χ1v) is 10.2. The average molecular weight is 418 g/mol. The van der Waals surface area contributed by atoms with E-state index in [4.69, 9.17) is 16.3 Å². The second kappa shape index (κ2) is 9.26. The molecule has 4 nitrogen and oxygen atoms in total. The van der Waals surface area contributed by atoms with Crippen molar-refractivity contribution >= 4 is 23.4 Å². The fourth-order valence-electron chi connectivity index (χ4n) is 2.69. The molecule has 28 heavy (non-hydrogen) atoms. The molecule has 1 heterocycles. The summed E-state index contributed by atoms with van der Waals surface area (Å²) in [5, 5.41) is 9.63. The van der Waals surface area contributed by atoms with E-state index in [-0.39, 0.29) is 11.9 Å². The van der Waals surface area contributed by atoms with Gasteiger partial charge in [-0.15, -0.1) is 16.8 Å². The SMILES string of the molecule is C=CCn1c(SCc2c(F)cccc2Cl)nnc1[C@H](C)Oc1ccc(C)cc1. The van der Waals surface area contributed by atoms with E-state index in [1.807, 2.05) is 42.7 Å². The van der Waals surface area contributed by atoms with Crippen LogP contribution in [0.15, 0.2) is 60.3 Å². The van der Waals surface area contributed by atoms with E-state index in [0.717, 1.165) is 5.75 Å². The van der Waals surface area contributed by atoms with Crippen LogP contribution in [-0.4, -0.2) is 14.8 Å². The van der Waals surface area contributed by atoms with Gasteiger partial charge in [-0.1, -0.05) is 53.2 Å². The van der Waals surface area contributed by atoms with Crippen LogP contribution < -0.4 is 4.74 Å². The maximum atomic E-state index is 14.0. The van der Waals surface area contributed by atoms with E-state index in [9.17, 15) is 4.39 Å². The smallest absolute Gasteiger partial charge is 0.191 e. The summed E-state index contributed by atoms with van der Waals surface area (Å²) in [4.78, 5) is 0. The third-order valence-corrected chi connectivity index (χ3v) is 5.51. The minimum atomic E-state index is -0.328. The molecule has 3 rings (SSSR count). The molecule has 7 heteroatoms. The molecule has 0 saturated carbocycles. The number of hydrogen-bond acceptors (Lipinski definition) is 4. The topological polar surface area (TPSA) is 39.9 Å². The summed E-state index contributed by atoms with van der Waals surface area (Å²) < 4.78 is 22.0. The quantitative estimate of drug-likeness (QED) is 0.333. The van der Waals surface area contributed by atoms with Gasteiger partial charge in [0.2, 0.25) is 0 Å². The molecule has 0 bridgehead atoms. The van der Waals surface area contributed by atoms with Gasteiger partial charge in [-0.2, -0.15) is 0 Å². The van der Waals surface area contributed by atoms with Crippen LogP contribution >= 0.6 is 23.4 Å². The number of halogens is 2. The zero-order valence-electron chi connectivity index (χ0n) is 15.7. The average Bonchev–Trinajstić information content (AvgIpc) is 3.06. The van der Waals surface area contributed by atoms with Gasteiger partial charge in [0.15, 0.2) is 17.1 Å². The van der Waals surface area contributed by atoms with Gasteiger partial charge >= 0.3 is 0 Å². The molecule has 3 aromatic rings. The summed E-state index contributed by atoms with van der Waals surface area (Å²) in [6, 6.07) is 12.5. The van der Waals surface area contributed by atoms with Crippen molar-refractivity contribution in [1.82, 2.24) is 14.8 Å². The lowest BCUT2D eigenvalue weighted by molar-refractivity contribution is 0.210. The summed E-state index contributed by atoms with van der Waals surface area (Å²) in [5.74, 6) is 1.47. The van der Waals surface area contributed by atoms with Crippen molar-refractivity contribution in [3.05, 3.63) is 82.9 Å². The van der Waals surface area contributed by atoms with E-state index in [2.05, 4.69) is 16.8 Å². The monoisotopic (exact) mass is 417 g/mol. The number of benzene rings is 2. The Morgan fingerprint density at radius 1 is 1.25 bits per heavy atom. The molecule has 0 aliphatic carbocycles. The molecule has 0 spiro atoms. The van der Waals surface area contributed by atoms with E-state index >= 15 is 0 Å². The van der Waals surface area contributed by atoms with Crippen molar-refractivity contribution in [3.8, 4) is 5.75 Å². The van der Waals surface area contributed by atoms with Crippen LogP contribution in [0.2, 0.25) is 5.02 Å². The normalized spacial score (nSPS) is 12.0. The summed E-state index contributed by atoms with van der Waals surface area (Å²) in [5.41, 5.74) is 1.62.